The summed E-state index contributed by atoms with van der Waals surface area (Å²) in [5.41, 5.74) is 8.43. The maximum Gasteiger partial charge on any atom is 0.141 e. The van der Waals surface area contributed by atoms with Gasteiger partial charge in [-0.1, -0.05) is 17.3 Å². The Morgan fingerprint density at radius 1 is 1.23 bits per heavy atom. The van der Waals surface area contributed by atoms with E-state index in [9.17, 15) is 0 Å². The Labute approximate surface area is 76.2 Å². The molecule has 0 aliphatic carbocycles. The van der Waals surface area contributed by atoms with Gasteiger partial charge in [0.1, 0.15) is 5.76 Å². The van der Waals surface area contributed by atoms with Gasteiger partial charge in [-0.15, -0.1) is 0 Å². The molecule has 2 aromatic rings. The lowest BCUT2D eigenvalue weighted by molar-refractivity contribution is 0.398. The second-order valence-electron chi connectivity index (χ2n) is 2.92. The molecule has 0 aliphatic rings. The Bertz CT molecular complexity index is 403. The summed E-state index contributed by atoms with van der Waals surface area (Å²) in [7, 11) is 0. The van der Waals surface area contributed by atoms with Crippen molar-refractivity contribution in [1.82, 2.24) is 5.16 Å². The van der Waals surface area contributed by atoms with Crippen LogP contribution in [-0.2, 0) is 0 Å². The number of hydrogen-bond donors (Lipinski definition) is 1. The zero-order valence-electron chi connectivity index (χ0n) is 7.32. The normalized spacial score (nSPS) is 10.2. The van der Waals surface area contributed by atoms with Crippen LogP contribution in [0, 0.1) is 6.92 Å². The van der Waals surface area contributed by atoms with E-state index in [0.717, 1.165) is 22.6 Å². The molecule has 0 saturated carbocycles. The SMILES string of the molecule is Cc1oncc1-c1ccc(N)cc1. The first kappa shape index (κ1) is 7.86. The molecule has 3 heteroatoms. The maximum atomic E-state index is 5.58. The Morgan fingerprint density at radius 3 is 2.46 bits per heavy atom. The van der Waals surface area contributed by atoms with E-state index >= 15 is 0 Å². The maximum absolute atomic E-state index is 5.58. The van der Waals surface area contributed by atoms with E-state index in [4.69, 9.17) is 10.3 Å². The third-order valence-electron chi connectivity index (χ3n) is 1.97. The van der Waals surface area contributed by atoms with Gasteiger partial charge in [-0.25, -0.2) is 0 Å². The standard InChI is InChI=1S/C10H10N2O/c1-7-10(6-12-13-7)8-2-4-9(11)5-3-8/h2-6H,11H2,1H3. The Kier molecular flexibility index (Phi) is 1.77. The Balaban J connectivity index is 2.47. The van der Waals surface area contributed by atoms with E-state index < -0.39 is 0 Å². The molecule has 0 aliphatic heterocycles. The van der Waals surface area contributed by atoms with Crippen LogP contribution in [0.15, 0.2) is 35.0 Å². The molecule has 1 aromatic carbocycles. The first-order valence-corrected chi connectivity index (χ1v) is 4.04. The second-order valence-corrected chi connectivity index (χ2v) is 2.92. The summed E-state index contributed by atoms with van der Waals surface area (Å²) in [6.07, 6.45) is 1.71. The van der Waals surface area contributed by atoms with E-state index in [1.165, 1.54) is 0 Å². The number of nitrogens with two attached hydrogens (primary N) is 1. The van der Waals surface area contributed by atoms with E-state index in [2.05, 4.69) is 5.16 Å². The van der Waals surface area contributed by atoms with Crippen LogP contribution < -0.4 is 5.73 Å². The molecular formula is C10H10N2O. The van der Waals surface area contributed by atoms with Crippen molar-refractivity contribution in [2.75, 3.05) is 5.73 Å². The number of anilines is 1. The fourth-order valence-corrected chi connectivity index (χ4v) is 1.24. The van der Waals surface area contributed by atoms with Crippen molar-refractivity contribution >= 4 is 5.69 Å². The zero-order valence-corrected chi connectivity index (χ0v) is 7.32. The van der Waals surface area contributed by atoms with E-state index in [-0.39, 0.29) is 0 Å². The molecule has 2 N–H and O–H groups in total. The lowest BCUT2D eigenvalue weighted by atomic mass is 10.1. The zero-order chi connectivity index (χ0) is 9.26. The quantitative estimate of drug-likeness (QED) is 0.674. The smallest absolute Gasteiger partial charge is 0.141 e. The topological polar surface area (TPSA) is 52.0 Å². The minimum atomic E-state index is 0.762. The highest BCUT2D eigenvalue weighted by Gasteiger charge is 2.04. The molecule has 0 spiro atoms. The minimum Gasteiger partial charge on any atom is -0.399 e. The van der Waals surface area contributed by atoms with Crippen molar-refractivity contribution in [2.45, 2.75) is 6.92 Å². The largest absolute Gasteiger partial charge is 0.399 e. The number of nitrogen functional groups attached to an aromatic ring is 1. The molecule has 3 nitrogen and oxygen atoms in total. The summed E-state index contributed by atoms with van der Waals surface area (Å²) in [4.78, 5) is 0. The van der Waals surface area contributed by atoms with Gasteiger partial charge < -0.3 is 10.3 Å². The fourth-order valence-electron chi connectivity index (χ4n) is 1.24. The summed E-state index contributed by atoms with van der Waals surface area (Å²) in [6, 6.07) is 7.63. The van der Waals surface area contributed by atoms with Crippen LogP contribution in [0.1, 0.15) is 5.76 Å². The van der Waals surface area contributed by atoms with Gasteiger partial charge in [-0.05, 0) is 24.6 Å². The average Bonchev–Trinajstić information content (AvgIpc) is 2.53. The highest BCUT2D eigenvalue weighted by molar-refractivity contribution is 5.66. The predicted octanol–water partition coefficient (Wildman–Crippen LogP) is 2.23. The lowest BCUT2D eigenvalue weighted by Crippen LogP contribution is -1.83. The molecule has 0 radical (unpaired) electrons. The highest BCUT2D eigenvalue weighted by atomic mass is 16.5. The molecule has 13 heavy (non-hydrogen) atoms. The van der Waals surface area contributed by atoms with Gasteiger partial charge in [0.15, 0.2) is 0 Å². The summed E-state index contributed by atoms with van der Waals surface area (Å²) >= 11 is 0. The van der Waals surface area contributed by atoms with E-state index in [0.29, 0.717) is 0 Å². The van der Waals surface area contributed by atoms with Crippen molar-refractivity contribution in [3.8, 4) is 11.1 Å². The number of nitrogens with zero attached hydrogens (tertiary/aromatic N) is 1. The number of aromatic nitrogens is 1. The van der Waals surface area contributed by atoms with Crippen molar-refractivity contribution in [1.29, 1.82) is 0 Å². The molecule has 0 unspecified atom stereocenters. The van der Waals surface area contributed by atoms with Crippen LogP contribution in [0.25, 0.3) is 11.1 Å². The molecule has 66 valence electrons. The van der Waals surface area contributed by atoms with Crippen molar-refractivity contribution in [3.63, 3.8) is 0 Å². The summed E-state index contributed by atoms with van der Waals surface area (Å²) < 4.78 is 4.97. The molecule has 0 saturated heterocycles. The van der Waals surface area contributed by atoms with E-state index in [1.54, 1.807) is 6.20 Å². The molecule has 2 rings (SSSR count). The molecule has 1 aromatic heterocycles. The van der Waals surface area contributed by atoms with Crippen LogP contribution in [0.2, 0.25) is 0 Å². The summed E-state index contributed by atoms with van der Waals surface area (Å²) in [6.45, 7) is 1.89. The number of hydrogen-bond acceptors (Lipinski definition) is 3. The van der Waals surface area contributed by atoms with Crippen molar-refractivity contribution in [3.05, 3.63) is 36.2 Å². The first-order chi connectivity index (χ1) is 6.27. The van der Waals surface area contributed by atoms with Gasteiger partial charge in [-0.2, -0.15) is 0 Å². The predicted molar refractivity (Wildman–Crippen MR) is 51.1 cm³/mol. The molecule has 0 atom stereocenters. The van der Waals surface area contributed by atoms with Crippen LogP contribution in [0.3, 0.4) is 0 Å². The average molecular weight is 174 g/mol. The number of benzene rings is 1. The van der Waals surface area contributed by atoms with Crippen LogP contribution in [0.5, 0.6) is 0 Å². The molecule has 1 heterocycles. The Morgan fingerprint density at radius 2 is 1.92 bits per heavy atom. The van der Waals surface area contributed by atoms with Crippen LogP contribution in [-0.4, -0.2) is 5.16 Å². The lowest BCUT2D eigenvalue weighted by Gasteiger charge is -1.97. The third-order valence-corrected chi connectivity index (χ3v) is 1.97. The third kappa shape index (κ3) is 1.40. The molecule has 0 amide bonds. The Hall–Kier alpha value is -1.77. The van der Waals surface area contributed by atoms with Gasteiger partial charge in [0.25, 0.3) is 0 Å². The van der Waals surface area contributed by atoms with Gasteiger partial charge in [-0.3, -0.25) is 0 Å². The van der Waals surface area contributed by atoms with Crippen LogP contribution in [0.4, 0.5) is 5.69 Å². The first-order valence-electron chi connectivity index (χ1n) is 4.04. The summed E-state index contributed by atoms with van der Waals surface area (Å²) in [5.74, 6) is 0.824. The monoisotopic (exact) mass is 174 g/mol. The molecular weight excluding hydrogens is 164 g/mol. The van der Waals surface area contributed by atoms with E-state index in [1.807, 2.05) is 31.2 Å². The highest BCUT2D eigenvalue weighted by Crippen LogP contribution is 2.23. The number of rotatable bonds is 1. The van der Waals surface area contributed by atoms with Gasteiger partial charge >= 0.3 is 0 Å². The fraction of sp³-hybridized carbons (Fsp3) is 0.100. The summed E-state index contributed by atoms with van der Waals surface area (Å²) in [5, 5.41) is 3.71. The minimum absolute atomic E-state index is 0.762. The number of aryl methyl sites for hydroxylation is 1. The second kappa shape index (κ2) is 2.94. The van der Waals surface area contributed by atoms with Gasteiger partial charge in [0.2, 0.25) is 0 Å². The molecule has 0 bridgehead atoms. The van der Waals surface area contributed by atoms with Crippen molar-refractivity contribution < 1.29 is 4.52 Å². The van der Waals surface area contributed by atoms with Crippen molar-refractivity contribution in [2.24, 2.45) is 0 Å². The van der Waals surface area contributed by atoms with Gasteiger partial charge in [0, 0.05) is 11.3 Å². The van der Waals surface area contributed by atoms with Crippen LogP contribution >= 0.6 is 0 Å². The van der Waals surface area contributed by atoms with Gasteiger partial charge in [0.05, 0.1) is 6.20 Å². The molecule has 0 fully saturated rings.